The van der Waals surface area contributed by atoms with Gasteiger partial charge in [0.1, 0.15) is 4.90 Å². The summed E-state index contributed by atoms with van der Waals surface area (Å²) in [6.45, 7) is 1.03. The maximum Gasteiger partial charge on any atom is 0.246 e. The number of rotatable bonds is 4. The van der Waals surface area contributed by atoms with Crippen LogP contribution in [-0.4, -0.2) is 49.6 Å². The summed E-state index contributed by atoms with van der Waals surface area (Å²) in [5, 5.41) is 12.0. The molecule has 2 heterocycles. The highest BCUT2D eigenvalue weighted by atomic mass is 32.2. The Labute approximate surface area is 113 Å². The fourth-order valence-corrected chi connectivity index (χ4v) is 3.88. The summed E-state index contributed by atoms with van der Waals surface area (Å²) >= 11 is 0. The first-order chi connectivity index (χ1) is 9.09. The van der Waals surface area contributed by atoms with Gasteiger partial charge in [0.2, 0.25) is 10.0 Å². The number of sulfonamides is 1. The van der Waals surface area contributed by atoms with Crippen molar-refractivity contribution in [2.24, 2.45) is 5.92 Å². The van der Waals surface area contributed by atoms with Gasteiger partial charge in [-0.15, -0.1) is 0 Å². The molecule has 1 aromatic rings. The second-order valence-electron chi connectivity index (χ2n) is 4.65. The Morgan fingerprint density at radius 3 is 2.74 bits per heavy atom. The first-order valence-electron chi connectivity index (χ1n) is 6.32. The number of aliphatic hydroxyl groups excluding tert-OH is 1. The van der Waals surface area contributed by atoms with Crippen LogP contribution in [0.2, 0.25) is 0 Å². The Hall–Kier alpha value is -1.18. The highest BCUT2D eigenvalue weighted by Crippen LogP contribution is 2.27. The third-order valence-corrected chi connectivity index (χ3v) is 5.43. The quantitative estimate of drug-likeness (QED) is 0.842. The van der Waals surface area contributed by atoms with Gasteiger partial charge in [0.15, 0.2) is 0 Å². The molecule has 0 unspecified atom stereocenters. The van der Waals surface area contributed by atoms with Gasteiger partial charge in [-0.1, -0.05) is 0 Å². The molecule has 7 heteroatoms. The van der Waals surface area contributed by atoms with Crippen molar-refractivity contribution < 1.29 is 13.5 Å². The molecule has 0 aromatic carbocycles. The van der Waals surface area contributed by atoms with Crippen LogP contribution in [0.1, 0.15) is 12.8 Å². The van der Waals surface area contributed by atoms with E-state index in [1.54, 1.807) is 19.3 Å². The third kappa shape index (κ3) is 2.88. The van der Waals surface area contributed by atoms with Crippen LogP contribution in [0.3, 0.4) is 0 Å². The number of aromatic nitrogens is 1. The first-order valence-corrected chi connectivity index (χ1v) is 7.76. The van der Waals surface area contributed by atoms with Gasteiger partial charge in [-0.2, -0.15) is 4.31 Å². The highest BCUT2D eigenvalue weighted by molar-refractivity contribution is 7.89. The van der Waals surface area contributed by atoms with Crippen LogP contribution in [0.4, 0.5) is 5.69 Å². The van der Waals surface area contributed by atoms with E-state index in [2.05, 4.69) is 10.3 Å². The van der Waals surface area contributed by atoms with E-state index in [1.165, 1.54) is 10.5 Å². The lowest BCUT2D eigenvalue weighted by Crippen LogP contribution is -2.39. The molecular weight excluding hydrogens is 266 g/mol. The minimum Gasteiger partial charge on any atom is -0.396 e. The number of hydrogen-bond acceptors (Lipinski definition) is 5. The summed E-state index contributed by atoms with van der Waals surface area (Å²) < 4.78 is 26.6. The molecule has 19 heavy (non-hydrogen) atoms. The van der Waals surface area contributed by atoms with E-state index in [4.69, 9.17) is 5.11 Å². The smallest absolute Gasteiger partial charge is 0.246 e. The molecule has 6 nitrogen and oxygen atoms in total. The van der Waals surface area contributed by atoms with Gasteiger partial charge in [0, 0.05) is 39.1 Å². The van der Waals surface area contributed by atoms with Crippen LogP contribution < -0.4 is 5.32 Å². The molecule has 0 saturated carbocycles. The molecule has 1 fully saturated rings. The lowest BCUT2D eigenvalue weighted by Gasteiger charge is -2.30. The van der Waals surface area contributed by atoms with Crippen molar-refractivity contribution in [1.82, 2.24) is 9.29 Å². The topological polar surface area (TPSA) is 82.5 Å². The van der Waals surface area contributed by atoms with Gasteiger partial charge in [-0.25, -0.2) is 8.42 Å². The number of pyridine rings is 1. The molecule has 0 bridgehead atoms. The van der Waals surface area contributed by atoms with Gasteiger partial charge in [0.05, 0.1) is 5.69 Å². The Morgan fingerprint density at radius 1 is 1.47 bits per heavy atom. The summed E-state index contributed by atoms with van der Waals surface area (Å²) in [7, 11) is -1.82. The molecule has 1 saturated heterocycles. The van der Waals surface area contributed by atoms with E-state index < -0.39 is 10.0 Å². The van der Waals surface area contributed by atoms with Gasteiger partial charge in [0.25, 0.3) is 0 Å². The molecule has 1 aromatic heterocycles. The van der Waals surface area contributed by atoms with E-state index in [1.807, 2.05) is 0 Å². The fraction of sp³-hybridized carbons (Fsp3) is 0.583. The van der Waals surface area contributed by atoms with E-state index in [0.717, 1.165) is 0 Å². The molecule has 2 N–H and O–H groups in total. The van der Waals surface area contributed by atoms with E-state index >= 15 is 0 Å². The van der Waals surface area contributed by atoms with Crippen LogP contribution in [0.15, 0.2) is 23.4 Å². The predicted octanol–water partition coefficient (Wildman–Crippen LogP) is 0.516. The molecule has 0 atom stereocenters. The Morgan fingerprint density at radius 2 is 2.16 bits per heavy atom. The average Bonchev–Trinajstić information content (AvgIpc) is 2.47. The Bertz CT molecular complexity index is 525. The Balaban J connectivity index is 2.23. The van der Waals surface area contributed by atoms with Crippen LogP contribution in [0, 0.1) is 5.92 Å². The molecule has 0 amide bonds. The standard InChI is InChI=1S/C12H19N3O3S/c1-13-11-2-5-14-8-12(11)19(17,18)15-6-3-10(9-16)4-7-15/h2,5,8,10,16H,3-4,6-7,9H2,1H3,(H,13,14). The number of aliphatic hydroxyl groups is 1. The summed E-state index contributed by atoms with van der Waals surface area (Å²) in [5.74, 6) is 0.212. The molecule has 0 aliphatic carbocycles. The summed E-state index contributed by atoms with van der Waals surface area (Å²) in [4.78, 5) is 4.11. The van der Waals surface area contributed by atoms with Gasteiger partial charge in [-0.3, -0.25) is 4.98 Å². The van der Waals surface area contributed by atoms with Crippen molar-refractivity contribution >= 4 is 15.7 Å². The minimum atomic E-state index is -3.51. The maximum atomic E-state index is 12.5. The molecule has 0 spiro atoms. The second-order valence-corrected chi connectivity index (χ2v) is 6.56. The zero-order valence-electron chi connectivity index (χ0n) is 10.9. The highest BCUT2D eigenvalue weighted by Gasteiger charge is 2.30. The predicted molar refractivity (Wildman–Crippen MR) is 72.4 cm³/mol. The normalized spacial score (nSPS) is 18.4. The summed E-state index contributed by atoms with van der Waals surface area (Å²) in [6, 6.07) is 1.65. The molecule has 0 radical (unpaired) electrons. The van der Waals surface area contributed by atoms with E-state index in [9.17, 15) is 8.42 Å². The second kappa shape index (κ2) is 5.85. The fourth-order valence-electron chi connectivity index (χ4n) is 2.26. The zero-order valence-corrected chi connectivity index (χ0v) is 11.7. The van der Waals surface area contributed by atoms with Gasteiger partial charge in [-0.05, 0) is 24.8 Å². The van der Waals surface area contributed by atoms with Crippen molar-refractivity contribution in [2.75, 3.05) is 32.1 Å². The zero-order chi connectivity index (χ0) is 13.9. The van der Waals surface area contributed by atoms with Crippen LogP contribution in [0.5, 0.6) is 0 Å². The number of anilines is 1. The molecular formula is C12H19N3O3S. The maximum absolute atomic E-state index is 12.5. The van der Waals surface area contributed by atoms with Crippen LogP contribution in [0.25, 0.3) is 0 Å². The number of hydrogen-bond donors (Lipinski definition) is 2. The van der Waals surface area contributed by atoms with Crippen molar-refractivity contribution in [1.29, 1.82) is 0 Å². The summed E-state index contributed by atoms with van der Waals surface area (Å²) in [5.41, 5.74) is 0.555. The van der Waals surface area contributed by atoms with Gasteiger partial charge < -0.3 is 10.4 Å². The molecule has 1 aliphatic rings. The number of piperidine rings is 1. The number of nitrogens with one attached hydrogen (secondary N) is 1. The average molecular weight is 285 g/mol. The first kappa shape index (κ1) is 14.2. The van der Waals surface area contributed by atoms with Crippen LogP contribution in [-0.2, 0) is 10.0 Å². The SMILES string of the molecule is CNc1ccncc1S(=O)(=O)N1CCC(CO)CC1. The van der Waals surface area contributed by atoms with Crippen molar-refractivity contribution in [3.8, 4) is 0 Å². The number of nitrogens with zero attached hydrogens (tertiary/aromatic N) is 2. The van der Waals surface area contributed by atoms with E-state index in [0.29, 0.717) is 31.6 Å². The summed E-state index contributed by atoms with van der Waals surface area (Å²) in [6.07, 6.45) is 4.33. The monoisotopic (exact) mass is 285 g/mol. The third-order valence-electron chi connectivity index (χ3n) is 3.50. The molecule has 106 valence electrons. The molecule has 2 rings (SSSR count). The van der Waals surface area contributed by atoms with E-state index in [-0.39, 0.29) is 17.4 Å². The van der Waals surface area contributed by atoms with Crippen molar-refractivity contribution in [3.63, 3.8) is 0 Å². The Kier molecular flexibility index (Phi) is 4.38. The van der Waals surface area contributed by atoms with Gasteiger partial charge >= 0.3 is 0 Å². The largest absolute Gasteiger partial charge is 0.396 e. The van der Waals surface area contributed by atoms with Crippen LogP contribution >= 0.6 is 0 Å². The molecule has 1 aliphatic heterocycles. The lowest BCUT2D eigenvalue weighted by atomic mass is 10.00. The minimum absolute atomic E-state index is 0.128. The van der Waals surface area contributed by atoms with Crippen molar-refractivity contribution in [3.05, 3.63) is 18.5 Å². The lowest BCUT2D eigenvalue weighted by molar-refractivity contribution is 0.170. The van der Waals surface area contributed by atoms with Crippen molar-refractivity contribution in [2.45, 2.75) is 17.7 Å².